The topological polar surface area (TPSA) is 71.6 Å². The summed E-state index contributed by atoms with van der Waals surface area (Å²) in [5.74, 6) is 5.51. The highest BCUT2D eigenvalue weighted by Crippen LogP contribution is 2.24. The Bertz CT molecular complexity index is 399. The average molecular weight is 176 g/mol. The molecule has 0 saturated heterocycles. The van der Waals surface area contributed by atoms with Gasteiger partial charge in [-0.15, -0.1) is 0 Å². The maximum Gasteiger partial charge on any atom is 0.280 e. The lowest BCUT2D eigenvalue weighted by atomic mass is 10.2. The van der Waals surface area contributed by atoms with E-state index in [0.29, 0.717) is 11.4 Å². The van der Waals surface area contributed by atoms with Gasteiger partial charge in [0.05, 0.1) is 5.56 Å². The summed E-state index contributed by atoms with van der Waals surface area (Å²) in [5.41, 5.74) is 0.961. The number of hydrogen-bond donors (Lipinski definition) is 1. The second-order valence-corrected chi connectivity index (χ2v) is 2.72. The van der Waals surface area contributed by atoms with Gasteiger partial charge in [0.15, 0.2) is 5.71 Å². The molecule has 13 heavy (non-hydrogen) atoms. The van der Waals surface area contributed by atoms with Crippen molar-refractivity contribution in [3.8, 4) is 0 Å². The zero-order chi connectivity index (χ0) is 9.42. The molecular weight excluding hydrogens is 168 g/mol. The zero-order valence-electron chi connectivity index (χ0n) is 7.06. The Kier molecular flexibility index (Phi) is 1.51. The number of rotatable bonds is 0. The van der Waals surface area contributed by atoms with Crippen molar-refractivity contribution in [2.45, 2.75) is 0 Å². The maximum atomic E-state index is 11.5. The molecule has 1 aliphatic heterocycles. The standard InChI is InChI=1S/C8H8N4O/c1-12-7-5(3-2-4-10-7)6(11-9)8(12)13/h2-4H,9H2,1H3/b11-6-. The predicted octanol–water partition coefficient (Wildman–Crippen LogP) is -0.279. The van der Waals surface area contributed by atoms with Gasteiger partial charge in [-0.2, -0.15) is 5.10 Å². The molecule has 66 valence electrons. The number of aromatic nitrogens is 1. The molecule has 0 spiro atoms. The number of nitrogens with zero attached hydrogens (tertiary/aromatic N) is 3. The van der Waals surface area contributed by atoms with Crippen LogP contribution in [0.4, 0.5) is 5.82 Å². The number of anilines is 1. The molecule has 0 unspecified atom stereocenters. The fraction of sp³-hybridized carbons (Fsp3) is 0.125. The van der Waals surface area contributed by atoms with E-state index in [1.807, 2.05) is 0 Å². The molecule has 2 N–H and O–H groups in total. The van der Waals surface area contributed by atoms with E-state index in [1.54, 1.807) is 25.4 Å². The molecule has 1 amide bonds. The van der Waals surface area contributed by atoms with Gasteiger partial charge in [0.1, 0.15) is 5.82 Å². The lowest BCUT2D eigenvalue weighted by Crippen LogP contribution is -2.26. The molecule has 0 aliphatic carbocycles. The van der Waals surface area contributed by atoms with Gasteiger partial charge in [0, 0.05) is 13.2 Å². The van der Waals surface area contributed by atoms with Crippen LogP contribution in [0.15, 0.2) is 23.4 Å². The van der Waals surface area contributed by atoms with Gasteiger partial charge in [-0.05, 0) is 12.1 Å². The number of amides is 1. The molecular formula is C8H8N4O. The lowest BCUT2D eigenvalue weighted by molar-refractivity contribution is -0.112. The number of carbonyl (C=O) groups excluding carboxylic acids is 1. The number of carbonyl (C=O) groups is 1. The van der Waals surface area contributed by atoms with Gasteiger partial charge in [0.2, 0.25) is 0 Å². The van der Waals surface area contributed by atoms with E-state index in [4.69, 9.17) is 5.84 Å². The third-order valence-corrected chi connectivity index (χ3v) is 2.00. The van der Waals surface area contributed by atoms with Crippen molar-refractivity contribution in [2.75, 3.05) is 11.9 Å². The summed E-state index contributed by atoms with van der Waals surface area (Å²) in [5, 5.41) is 3.45. The Hall–Kier alpha value is -1.91. The van der Waals surface area contributed by atoms with Gasteiger partial charge < -0.3 is 5.84 Å². The van der Waals surface area contributed by atoms with E-state index < -0.39 is 0 Å². The first kappa shape index (κ1) is 7.72. The second kappa shape index (κ2) is 2.55. The minimum atomic E-state index is -0.212. The molecule has 0 saturated carbocycles. The van der Waals surface area contributed by atoms with Crippen molar-refractivity contribution >= 4 is 17.4 Å². The molecule has 0 bridgehead atoms. The van der Waals surface area contributed by atoms with Crippen molar-refractivity contribution in [1.82, 2.24) is 4.98 Å². The van der Waals surface area contributed by atoms with E-state index in [1.165, 1.54) is 4.90 Å². The number of nitrogens with two attached hydrogens (primary N) is 1. The monoisotopic (exact) mass is 176 g/mol. The summed E-state index contributed by atoms with van der Waals surface area (Å²) in [6, 6.07) is 3.52. The van der Waals surface area contributed by atoms with Crippen LogP contribution in [-0.4, -0.2) is 23.7 Å². The van der Waals surface area contributed by atoms with Crippen molar-refractivity contribution in [3.63, 3.8) is 0 Å². The van der Waals surface area contributed by atoms with Crippen LogP contribution in [0.3, 0.4) is 0 Å². The summed E-state index contributed by atoms with van der Waals surface area (Å²) in [6.45, 7) is 0. The molecule has 0 atom stereocenters. The van der Waals surface area contributed by atoms with Gasteiger partial charge >= 0.3 is 0 Å². The summed E-state index contributed by atoms with van der Waals surface area (Å²) in [6.07, 6.45) is 1.63. The van der Waals surface area contributed by atoms with Gasteiger partial charge in [-0.25, -0.2) is 4.98 Å². The van der Waals surface area contributed by atoms with E-state index in [0.717, 1.165) is 0 Å². The highest BCUT2D eigenvalue weighted by atomic mass is 16.2. The van der Waals surface area contributed by atoms with Crippen LogP contribution in [0.1, 0.15) is 5.56 Å². The highest BCUT2D eigenvalue weighted by molar-refractivity contribution is 6.53. The number of hydrazone groups is 1. The Balaban J connectivity index is 2.67. The SMILES string of the molecule is CN1C(=O)/C(=N\N)c2cccnc21. The molecule has 2 rings (SSSR count). The average Bonchev–Trinajstić information content (AvgIpc) is 2.41. The highest BCUT2D eigenvalue weighted by Gasteiger charge is 2.31. The predicted molar refractivity (Wildman–Crippen MR) is 48.4 cm³/mol. The molecule has 0 fully saturated rings. The summed E-state index contributed by atoms with van der Waals surface area (Å²) < 4.78 is 0. The van der Waals surface area contributed by atoms with Gasteiger partial charge in [-0.1, -0.05) is 0 Å². The number of fused-ring (bicyclic) bond motifs is 1. The molecule has 1 aliphatic rings. The van der Waals surface area contributed by atoms with Crippen LogP contribution in [-0.2, 0) is 4.79 Å². The van der Waals surface area contributed by atoms with Crippen molar-refractivity contribution < 1.29 is 4.79 Å². The van der Waals surface area contributed by atoms with Crippen molar-refractivity contribution in [1.29, 1.82) is 0 Å². The number of hydrogen-bond acceptors (Lipinski definition) is 4. The molecule has 1 aromatic rings. The maximum absolute atomic E-state index is 11.5. The number of likely N-dealkylation sites (N-methyl/N-ethyl adjacent to an activating group) is 1. The van der Waals surface area contributed by atoms with E-state index in [9.17, 15) is 4.79 Å². The molecule has 5 nitrogen and oxygen atoms in total. The Morgan fingerprint density at radius 1 is 1.62 bits per heavy atom. The molecule has 0 radical (unpaired) electrons. The zero-order valence-corrected chi connectivity index (χ0v) is 7.06. The summed E-state index contributed by atoms with van der Waals surface area (Å²) >= 11 is 0. The second-order valence-electron chi connectivity index (χ2n) is 2.72. The third kappa shape index (κ3) is 0.900. The first-order valence-corrected chi connectivity index (χ1v) is 3.77. The molecule has 5 heteroatoms. The van der Waals surface area contributed by atoms with E-state index in [2.05, 4.69) is 10.1 Å². The Morgan fingerprint density at radius 2 is 2.38 bits per heavy atom. The summed E-state index contributed by atoms with van der Waals surface area (Å²) in [7, 11) is 1.65. The first-order valence-electron chi connectivity index (χ1n) is 3.77. The summed E-state index contributed by atoms with van der Waals surface area (Å²) in [4.78, 5) is 17.0. The minimum Gasteiger partial charge on any atom is -0.322 e. The van der Waals surface area contributed by atoms with Crippen LogP contribution in [0, 0.1) is 0 Å². The fourth-order valence-corrected chi connectivity index (χ4v) is 1.34. The largest absolute Gasteiger partial charge is 0.322 e. The van der Waals surface area contributed by atoms with Gasteiger partial charge in [0.25, 0.3) is 5.91 Å². The Morgan fingerprint density at radius 3 is 3.08 bits per heavy atom. The quantitative estimate of drug-likeness (QED) is 0.436. The lowest BCUT2D eigenvalue weighted by Gasteiger charge is -2.05. The van der Waals surface area contributed by atoms with Crippen LogP contribution in [0.25, 0.3) is 0 Å². The van der Waals surface area contributed by atoms with Crippen LogP contribution in [0.5, 0.6) is 0 Å². The van der Waals surface area contributed by atoms with Crippen LogP contribution in [0.2, 0.25) is 0 Å². The molecule has 1 aromatic heterocycles. The van der Waals surface area contributed by atoms with E-state index >= 15 is 0 Å². The van der Waals surface area contributed by atoms with Crippen molar-refractivity contribution in [3.05, 3.63) is 23.9 Å². The first-order chi connectivity index (χ1) is 6.25. The normalized spacial score (nSPS) is 18.1. The molecule has 2 heterocycles. The minimum absolute atomic E-state index is 0.212. The number of pyridine rings is 1. The van der Waals surface area contributed by atoms with Gasteiger partial charge in [-0.3, -0.25) is 9.69 Å². The Labute approximate surface area is 74.9 Å². The van der Waals surface area contributed by atoms with Crippen LogP contribution < -0.4 is 10.7 Å². The van der Waals surface area contributed by atoms with E-state index in [-0.39, 0.29) is 11.6 Å². The van der Waals surface area contributed by atoms with Crippen molar-refractivity contribution in [2.24, 2.45) is 10.9 Å². The fourth-order valence-electron chi connectivity index (χ4n) is 1.34. The molecule has 0 aromatic carbocycles. The van der Waals surface area contributed by atoms with Crippen LogP contribution >= 0.6 is 0 Å². The third-order valence-electron chi connectivity index (χ3n) is 2.00. The smallest absolute Gasteiger partial charge is 0.280 e.